The number of rotatable bonds is 3. The van der Waals surface area contributed by atoms with Crippen molar-refractivity contribution < 1.29 is 0 Å². The van der Waals surface area contributed by atoms with Gasteiger partial charge in [0.05, 0.1) is 11.9 Å². The zero-order valence-corrected chi connectivity index (χ0v) is 15.6. The topological polar surface area (TPSA) is 49.0 Å². The quantitative estimate of drug-likeness (QED) is 0.704. The number of benzene rings is 1. The maximum absolute atomic E-state index is 12.6. The van der Waals surface area contributed by atoms with E-state index in [1.54, 1.807) is 11.3 Å². The Hall–Kier alpha value is -1.50. The molecule has 0 bridgehead atoms. The number of nitrogens with one attached hydrogen (secondary N) is 1. The molecular weight excluding hydrogens is 386 g/mol. The van der Waals surface area contributed by atoms with Crippen LogP contribution in [0.1, 0.15) is 25.1 Å². The number of halogens is 1. The number of thiophene rings is 1. The summed E-state index contributed by atoms with van der Waals surface area (Å²) in [6, 6.07) is 8.02. The van der Waals surface area contributed by atoms with Gasteiger partial charge in [-0.2, -0.15) is 0 Å². The predicted molar refractivity (Wildman–Crippen MR) is 103 cm³/mol. The molecule has 3 aromatic rings. The Morgan fingerprint density at radius 1 is 1.17 bits per heavy atom. The second-order valence-corrected chi connectivity index (χ2v) is 7.96. The van der Waals surface area contributed by atoms with Crippen LogP contribution in [0, 0.1) is 0 Å². The van der Waals surface area contributed by atoms with Crippen LogP contribution in [0.4, 0.5) is 0 Å². The fourth-order valence-electron chi connectivity index (χ4n) is 3.24. The van der Waals surface area contributed by atoms with Crippen LogP contribution in [0.3, 0.4) is 0 Å². The minimum absolute atomic E-state index is 0.0359. The molecule has 1 N–H and O–H groups in total. The van der Waals surface area contributed by atoms with Gasteiger partial charge in [-0.05, 0) is 43.6 Å². The van der Waals surface area contributed by atoms with E-state index in [0.29, 0.717) is 5.39 Å². The molecule has 0 atom stereocenters. The summed E-state index contributed by atoms with van der Waals surface area (Å²) in [7, 11) is 0. The zero-order chi connectivity index (χ0) is 16.5. The van der Waals surface area contributed by atoms with Crippen LogP contribution in [0.2, 0.25) is 0 Å². The van der Waals surface area contributed by atoms with Gasteiger partial charge in [-0.3, -0.25) is 9.69 Å². The van der Waals surface area contributed by atoms with Crippen molar-refractivity contribution in [1.82, 2.24) is 14.9 Å². The van der Waals surface area contributed by atoms with Crippen LogP contribution in [-0.2, 0) is 6.54 Å². The number of H-pyrrole nitrogens is 1. The molecule has 0 aliphatic carbocycles. The van der Waals surface area contributed by atoms with Gasteiger partial charge in [-0.15, -0.1) is 11.3 Å². The average molecular weight is 404 g/mol. The van der Waals surface area contributed by atoms with E-state index < -0.39 is 0 Å². The lowest BCUT2D eigenvalue weighted by atomic mass is 10.1. The number of likely N-dealkylation sites (tertiary alicyclic amines) is 1. The lowest BCUT2D eigenvalue weighted by Gasteiger charge is -2.25. The van der Waals surface area contributed by atoms with Crippen molar-refractivity contribution in [2.45, 2.75) is 25.8 Å². The molecular formula is C18H18BrN3OS. The Bertz CT molecular complexity index is 910. The van der Waals surface area contributed by atoms with Crippen molar-refractivity contribution >= 4 is 37.5 Å². The first-order valence-corrected chi connectivity index (χ1v) is 9.87. The van der Waals surface area contributed by atoms with E-state index in [0.717, 1.165) is 45.9 Å². The van der Waals surface area contributed by atoms with Gasteiger partial charge in [-0.25, -0.2) is 4.98 Å². The largest absolute Gasteiger partial charge is 0.309 e. The number of hydrogen-bond acceptors (Lipinski definition) is 4. The van der Waals surface area contributed by atoms with Gasteiger partial charge in [0, 0.05) is 15.4 Å². The fourth-order valence-corrected chi connectivity index (χ4v) is 4.47. The van der Waals surface area contributed by atoms with E-state index >= 15 is 0 Å². The Labute approximate surface area is 152 Å². The number of piperidine rings is 1. The molecule has 0 unspecified atom stereocenters. The van der Waals surface area contributed by atoms with Crippen LogP contribution in [0.25, 0.3) is 21.3 Å². The molecule has 0 spiro atoms. The van der Waals surface area contributed by atoms with E-state index in [9.17, 15) is 4.79 Å². The molecule has 1 saturated heterocycles. The maximum atomic E-state index is 12.6. The van der Waals surface area contributed by atoms with Crippen molar-refractivity contribution in [3.05, 3.63) is 50.3 Å². The van der Waals surface area contributed by atoms with Crippen LogP contribution in [-0.4, -0.2) is 28.0 Å². The third-order valence-electron chi connectivity index (χ3n) is 4.47. The van der Waals surface area contributed by atoms with Gasteiger partial charge >= 0.3 is 0 Å². The number of fused-ring (bicyclic) bond motifs is 1. The van der Waals surface area contributed by atoms with Gasteiger partial charge in [0.2, 0.25) is 0 Å². The number of hydrogen-bond donors (Lipinski definition) is 1. The molecule has 1 aliphatic heterocycles. The standard InChI is InChI=1S/C18H18BrN3OS/c19-13-6-4-12(5-7-13)14-11-24-18-16(14)17(23)20-15(21-18)10-22-8-2-1-3-9-22/h4-7,11H,1-3,8-10H2,(H,20,21,23). The lowest BCUT2D eigenvalue weighted by Crippen LogP contribution is -2.30. The first-order chi connectivity index (χ1) is 11.7. The maximum Gasteiger partial charge on any atom is 0.260 e. The summed E-state index contributed by atoms with van der Waals surface area (Å²) < 4.78 is 1.03. The Kier molecular flexibility index (Phi) is 4.52. The van der Waals surface area contributed by atoms with Crippen LogP contribution in [0.15, 0.2) is 38.9 Å². The summed E-state index contributed by atoms with van der Waals surface area (Å²) in [5.41, 5.74) is 1.97. The molecule has 1 aromatic carbocycles. The third-order valence-corrected chi connectivity index (χ3v) is 5.87. The molecule has 6 heteroatoms. The highest BCUT2D eigenvalue weighted by molar-refractivity contribution is 9.10. The third kappa shape index (κ3) is 3.18. The number of nitrogens with zero attached hydrogens (tertiary/aromatic N) is 2. The van der Waals surface area contributed by atoms with E-state index in [2.05, 4.69) is 25.8 Å². The van der Waals surface area contributed by atoms with Gasteiger partial charge in [0.25, 0.3) is 5.56 Å². The minimum Gasteiger partial charge on any atom is -0.309 e. The number of aromatic amines is 1. The summed E-state index contributed by atoms with van der Waals surface area (Å²) in [6.45, 7) is 2.92. The van der Waals surface area contributed by atoms with E-state index in [4.69, 9.17) is 4.98 Å². The predicted octanol–water partition coefficient (Wildman–Crippen LogP) is 4.40. The second-order valence-electron chi connectivity index (χ2n) is 6.19. The first-order valence-electron chi connectivity index (χ1n) is 8.19. The molecule has 24 heavy (non-hydrogen) atoms. The summed E-state index contributed by atoms with van der Waals surface area (Å²) in [4.78, 5) is 23.5. The fraction of sp³-hybridized carbons (Fsp3) is 0.333. The van der Waals surface area contributed by atoms with Crippen LogP contribution in [0.5, 0.6) is 0 Å². The van der Waals surface area contributed by atoms with Crippen LogP contribution < -0.4 is 5.56 Å². The molecule has 4 nitrogen and oxygen atoms in total. The highest BCUT2D eigenvalue weighted by atomic mass is 79.9. The molecule has 3 heterocycles. The molecule has 124 valence electrons. The summed E-state index contributed by atoms with van der Waals surface area (Å²) in [6.07, 6.45) is 3.78. The summed E-state index contributed by atoms with van der Waals surface area (Å²) in [5, 5.41) is 2.73. The Morgan fingerprint density at radius 2 is 1.92 bits per heavy atom. The van der Waals surface area contributed by atoms with Gasteiger partial charge in [-0.1, -0.05) is 34.5 Å². The lowest BCUT2D eigenvalue weighted by molar-refractivity contribution is 0.216. The van der Waals surface area contributed by atoms with Gasteiger partial charge in [0.1, 0.15) is 10.7 Å². The first kappa shape index (κ1) is 16.0. The van der Waals surface area contributed by atoms with Crippen molar-refractivity contribution in [2.75, 3.05) is 13.1 Å². The summed E-state index contributed by atoms with van der Waals surface area (Å²) in [5.74, 6) is 0.776. The second kappa shape index (κ2) is 6.78. The van der Waals surface area contributed by atoms with Crippen molar-refractivity contribution in [3.8, 4) is 11.1 Å². The smallest absolute Gasteiger partial charge is 0.260 e. The van der Waals surface area contributed by atoms with Crippen LogP contribution >= 0.6 is 27.3 Å². The molecule has 1 fully saturated rings. The molecule has 0 amide bonds. The van der Waals surface area contributed by atoms with E-state index in [-0.39, 0.29) is 5.56 Å². The highest BCUT2D eigenvalue weighted by Gasteiger charge is 2.15. The minimum atomic E-state index is -0.0359. The van der Waals surface area contributed by atoms with E-state index in [1.165, 1.54) is 19.3 Å². The van der Waals surface area contributed by atoms with Crippen molar-refractivity contribution in [2.24, 2.45) is 0 Å². The van der Waals surface area contributed by atoms with Gasteiger partial charge < -0.3 is 4.98 Å². The molecule has 2 aromatic heterocycles. The molecule has 0 saturated carbocycles. The molecule has 4 rings (SSSR count). The van der Waals surface area contributed by atoms with Crippen molar-refractivity contribution in [3.63, 3.8) is 0 Å². The Balaban J connectivity index is 1.70. The highest BCUT2D eigenvalue weighted by Crippen LogP contribution is 2.31. The number of aromatic nitrogens is 2. The molecule has 1 aliphatic rings. The average Bonchev–Trinajstić information content (AvgIpc) is 3.01. The van der Waals surface area contributed by atoms with Gasteiger partial charge in [0.15, 0.2) is 0 Å². The Morgan fingerprint density at radius 3 is 2.67 bits per heavy atom. The summed E-state index contributed by atoms with van der Waals surface area (Å²) >= 11 is 4.99. The normalized spacial score (nSPS) is 15.9. The SMILES string of the molecule is O=c1[nH]c(CN2CCCCC2)nc2scc(-c3ccc(Br)cc3)c12. The van der Waals surface area contributed by atoms with E-state index in [1.807, 2.05) is 29.6 Å². The monoisotopic (exact) mass is 403 g/mol. The van der Waals surface area contributed by atoms with Crippen molar-refractivity contribution in [1.29, 1.82) is 0 Å². The zero-order valence-electron chi connectivity index (χ0n) is 13.2. The molecule has 0 radical (unpaired) electrons.